The lowest BCUT2D eigenvalue weighted by Crippen LogP contribution is -2.60. The summed E-state index contributed by atoms with van der Waals surface area (Å²) in [5.74, 6) is -1.82. The van der Waals surface area contributed by atoms with Gasteiger partial charge < -0.3 is 15.7 Å². The molecule has 1 fully saturated rings. The van der Waals surface area contributed by atoms with Crippen LogP contribution in [0.5, 0.6) is 0 Å². The monoisotopic (exact) mass is 296 g/mol. The molecule has 0 aliphatic heterocycles. The van der Waals surface area contributed by atoms with Crippen molar-refractivity contribution >= 4 is 29.1 Å². The molecule has 1 aromatic rings. The SMILES string of the molecule is Cc1ccc(C(=O)NCC(=O)NC2(C(=O)O)CCC2)s1. The fourth-order valence-electron chi connectivity index (χ4n) is 2.04. The second kappa shape index (κ2) is 5.62. The maximum Gasteiger partial charge on any atom is 0.329 e. The van der Waals surface area contributed by atoms with E-state index in [0.717, 1.165) is 11.3 Å². The third-order valence-corrected chi connectivity index (χ3v) is 4.37. The minimum atomic E-state index is -1.14. The lowest BCUT2D eigenvalue weighted by molar-refractivity contribution is -0.151. The molecule has 7 heteroatoms. The van der Waals surface area contributed by atoms with E-state index in [0.29, 0.717) is 17.7 Å². The number of hydrogen-bond acceptors (Lipinski definition) is 4. The van der Waals surface area contributed by atoms with Crippen LogP contribution >= 0.6 is 11.3 Å². The van der Waals surface area contributed by atoms with E-state index < -0.39 is 17.4 Å². The van der Waals surface area contributed by atoms with Crippen LogP contribution in [0.15, 0.2) is 12.1 Å². The van der Waals surface area contributed by atoms with Gasteiger partial charge in [0, 0.05) is 4.88 Å². The molecule has 1 saturated carbocycles. The highest BCUT2D eigenvalue weighted by molar-refractivity contribution is 7.13. The number of aryl methyl sites for hydroxylation is 1. The van der Waals surface area contributed by atoms with Gasteiger partial charge in [-0.3, -0.25) is 9.59 Å². The van der Waals surface area contributed by atoms with E-state index in [2.05, 4.69) is 10.6 Å². The second-order valence-electron chi connectivity index (χ2n) is 4.88. The van der Waals surface area contributed by atoms with Gasteiger partial charge in [0.2, 0.25) is 5.91 Å². The van der Waals surface area contributed by atoms with Crippen molar-refractivity contribution in [2.24, 2.45) is 0 Å². The number of carbonyl (C=O) groups excluding carboxylic acids is 2. The maximum absolute atomic E-state index is 11.7. The molecule has 2 rings (SSSR count). The molecule has 3 N–H and O–H groups in total. The maximum atomic E-state index is 11.7. The third kappa shape index (κ3) is 2.98. The summed E-state index contributed by atoms with van der Waals surface area (Å²) in [7, 11) is 0. The third-order valence-electron chi connectivity index (χ3n) is 3.37. The number of carboxylic acids is 1. The Labute approximate surface area is 120 Å². The van der Waals surface area contributed by atoms with Crippen LogP contribution < -0.4 is 10.6 Å². The lowest BCUT2D eigenvalue weighted by Gasteiger charge is -2.38. The van der Waals surface area contributed by atoms with Crippen molar-refractivity contribution in [3.8, 4) is 0 Å². The quantitative estimate of drug-likeness (QED) is 0.752. The standard InChI is InChI=1S/C13H16N2O4S/c1-8-3-4-9(20-8)11(17)14-7-10(16)15-13(12(18)19)5-2-6-13/h3-4H,2,5-7H2,1H3,(H,14,17)(H,15,16)(H,18,19). The van der Waals surface area contributed by atoms with Crippen molar-refractivity contribution in [3.63, 3.8) is 0 Å². The Morgan fingerprint density at radius 3 is 2.50 bits per heavy atom. The molecule has 6 nitrogen and oxygen atoms in total. The minimum absolute atomic E-state index is 0.217. The predicted octanol–water partition coefficient (Wildman–Crippen LogP) is 0.910. The Morgan fingerprint density at radius 2 is 2.05 bits per heavy atom. The molecule has 108 valence electrons. The summed E-state index contributed by atoms with van der Waals surface area (Å²) < 4.78 is 0. The minimum Gasteiger partial charge on any atom is -0.480 e. The Kier molecular flexibility index (Phi) is 4.08. The number of hydrogen-bond donors (Lipinski definition) is 3. The predicted molar refractivity (Wildman–Crippen MR) is 73.7 cm³/mol. The normalized spacial score (nSPS) is 16.1. The van der Waals surface area contributed by atoms with Crippen molar-refractivity contribution in [1.82, 2.24) is 10.6 Å². The summed E-state index contributed by atoms with van der Waals surface area (Å²) in [6.07, 6.45) is 1.66. The van der Waals surface area contributed by atoms with E-state index in [9.17, 15) is 14.4 Å². The topological polar surface area (TPSA) is 95.5 Å². The summed E-state index contributed by atoms with van der Waals surface area (Å²) >= 11 is 1.34. The highest BCUT2D eigenvalue weighted by Gasteiger charge is 2.45. The van der Waals surface area contributed by atoms with E-state index in [1.807, 2.05) is 13.0 Å². The van der Waals surface area contributed by atoms with Crippen molar-refractivity contribution in [2.75, 3.05) is 6.54 Å². The molecule has 0 radical (unpaired) electrons. The fraction of sp³-hybridized carbons (Fsp3) is 0.462. The Balaban J connectivity index is 1.83. The molecule has 1 aliphatic rings. The Morgan fingerprint density at radius 1 is 1.35 bits per heavy atom. The van der Waals surface area contributed by atoms with Gasteiger partial charge in [0.25, 0.3) is 5.91 Å². The fourth-order valence-corrected chi connectivity index (χ4v) is 2.82. The van der Waals surface area contributed by atoms with Gasteiger partial charge in [0.1, 0.15) is 5.54 Å². The van der Waals surface area contributed by atoms with Crippen LogP contribution in [0.25, 0.3) is 0 Å². The average molecular weight is 296 g/mol. The molecule has 2 amide bonds. The van der Waals surface area contributed by atoms with E-state index in [1.165, 1.54) is 11.3 Å². The van der Waals surface area contributed by atoms with Crippen LogP contribution in [0.3, 0.4) is 0 Å². The number of nitrogens with one attached hydrogen (secondary N) is 2. The van der Waals surface area contributed by atoms with Gasteiger partial charge in [-0.05, 0) is 38.3 Å². The average Bonchev–Trinajstić information content (AvgIpc) is 2.77. The summed E-state index contributed by atoms with van der Waals surface area (Å²) in [5, 5.41) is 14.1. The second-order valence-corrected chi connectivity index (χ2v) is 6.17. The van der Waals surface area contributed by atoms with Crippen LogP contribution in [-0.2, 0) is 9.59 Å². The first-order valence-electron chi connectivity index (χ1n) is 6.32. The lowest BCUT2D eigenvalue weighted by atomic mass is 9.77. The molecule has 1 aromatic heterocycles. The Hall–Kier alpha value is -1.89. The van der Waals surface area contributed by atoms with Gasteiger partial charge in [0.05, 0.1) is 11.4 Å². The van der Waals surface area contributed by atoms with Gasteiger partial charge in [-0.25, -0.2) is 4.79 Å². The van der Waals surface area contributed by atoms with Crippen molar-refractivity contribution in [1.29, 1.82) is 0 Å². The number of carbonyl (C=O) groups is 3. The van der Waals surface area contributed by atoms with Crippen LogP contribution in [-0.4, -0.2) is 35.0 Å². The molecule has 1 aliphatic carbocycles. The van der Waals surface area contributed by atoms with Gasteiger partial charge in [0.15, 0.2) is 0 Å². The molecule has 0 unspecified atom stereocenters. The van der Waals surface area contributed by atoms with Crippen molar-refractivity contribution in [2.45, 2.75) is 31.7 Å². The van der Waals surface area contributed by atoms with Gasteiger partial charge >= 0.3 is 5.97 Å². The van der Waals surface area contributed by atoms with Crippen LogP contribution in [0.2, 0.25) is 0 Å². The highest BCUT2D eigenvalue weighted by Crippen LogP contribution is 2.31. The summed E-state index contributed by atoms with van der Waals surface area (Å²) in [4.78, 5) is 36.1. The molecule has 20 heavy (non-hydrogen) atoms. The van der Waals surface area contributed by atoms with E-state index >= 15 is 0 Å². The molecule has 0 aromatic carbocycles. The number of rotatable bonds is 5. The van der Waals surface area contributed by atoms with Crippen molar-refractivity contribution in [3.05, 3.63) is 21.9 Å². The van der Waals surface area contributed by atoms with Gasteiger partial charge in [-0.2, -0.15) is 0 Å². The van der Waals surface area contributed by atoms with E-state index in [-0.39, 0.29) is 12.5 Å². The molecule has 1 heterocycles. The molecule has 0 bridgehead atoms. The molecule has 0 saturated heterocycles. The van der Waals surface area contributed by atoms with Crippen molar-refractivity contribution < 1.29 is 19.5 Å². The van der Waals surface area contributed by atoms with E-state index in [4.69, 9.17) is 5.11 Å². The van der Waals surface area contributed by atoms with E-state index in [1.54, 1.807) is 6.07 Å². The molecule has 0 spiro atoms. The Bertz CT molecular complexity index is 548. The first kappa shape index (κ1) is 14.5. The number of carboxylic acid groups (broad SMARTS) is 1. The van der Waals surface area contributed by atoms with Crippen LogP contribution in [0.1, 0.15) is 33.8 Å². The molecular formula is C13H16N2O4S. The van der Waals surface area contributed by atoms with Gasteiger partial charge in [-0.15, -0.1) is 11.3 Å². The smallest absolute Gasteiger partial charge is 0.329 e. The zero-order valence-corrected chi connectivity index (χ0v) is 11.9. The summed E-state index contributed by atoms with van der Waals surface area (Å²) in [6.45, 7) is 1.67. The van der Waals surface area contributed by atoms with Crippen LogP contribution in [0, 0.1) is 6.92 Å². The molecule has 0 atom stereocenters. The number of thiophene rings is 1. The summed E-state index contributed by atoms with van der Waals surface area (Å²) in [5.41, 5.74) is -1.14. The summed E-state index contributed by atoms with van der Waals surface area (Å²) in [6, 6.07) is 3.52. The zero-order chi connectivity index (χ0) is 14.8. The highest BCUT2D eigenvalue weighted by atomic mass is 32.1. The first-order valence-corrected chi connectivity index (χ1v) is 7.14. The van der Waals surface area contributed by atoms with Gasteiger partial charge in [-0.1, -0.05) is 0 Å². The number of amides is 2. The van der Waals surface area contributed by atoms with Crippen LogP contribution in [0.4, 0.5) is 0 Å². The zero-order valence-electron chi connectivity index (χ0n) is 11.1. The largest absolute Gasteiger partial charge is 0.480 e. The first-order chi connectivity index (χ1) is 9.43. The molecular weight excluding hydrogens is 280 g/mol. The number of aliphatic carboxylic acids is 1.